The van der Waals surface area contributed by atoms with Gasteiger partial charge < -0.3 is 9.84 Å². The van der Waals surface area contributed by atoms with E-state index in [4.69, 9.17) is 4.52 Å². The summed E-state index contributed by atoms with van der Waals surface area (Å²) in [5.74, 6) is 1.10. The second kappa shape index (κ2) is 4.99. The van der Waals surface area contributed by atoms with Crippen molar-refractivity contribution in [1.29, 1.82) is 0 Å². The predicted molar refractivity (Wildman–Crippen MR) is 75.8 cm³/mol. The van der Waals surface area contributed by atoms with Gasteiger partial charge in [0.25, 0.3) is 0 Å². The van der Waals surface area contributed by atoms with Gasteiger partial charge in [-0.3, -0.25) is 10.00 Å². The van der Waals surface area contributed by atoms with Crippen molar-refractivity contribution in [3.8, 4) is 0 Å². The standard InChI is InChI=1S/C13H19N5O2/c1-8-9(7-14-18(8)5)15-12(19)16-11-6-10(20-17-11)13(2,3)4/h6-7H,1-5H3,(H2,15,16,17,19). The molecule has 0 radical (unpaired) electrons. The molecule has 7 heteroatoms. The number of nitrogens with one attached hydrogen (secondary N) is 2. The largest absolute Gasteiger partial charge is 0.359 e. The molecule has 0 spiro atoms. The molecule has 0 aromatic carbocycles. The fraction of sp³-hybridized carbons (Fsp3) is 0.462. The van der Waals surface area contributed by atoms with Gasteiger partial charge in [0.15, 0.2) is 5.82 Å². The maximum absolute atomic E-state index is 11.9. The summed E-state index contributed by atoms with van der Waals surface area (Å²) in [6, 6.07) is 1.34. The van der Waals surface area contributed by atoms with E-state index >= 15 is 0 Å². The molecule has 0 bridgehead atoms. The van der Waals surface area contributed by atoms with E-state index in [1.165, 1.54) is 0 Å². The summed E-state index contributed by atoms with van der Waals surface area (Å²) >= 11 is 0. The molecule has 0 aliphatic heterocycles. The third-order valence-corrected chi connectivity index (χ3v) is 2.97. The van der Waals surface area contributed by atoms with Crippen LogP contribution >= 0.6 is 0 Å². The summed E-state index contributed by atoms with van der Waals surface area (Å²) in [7, 11) is 1.81. The first-order chi connectivity index (χ1) is 9.27. The van der Waals surface area contributed by atoms with Crippen LogP contribution in [0, 0.1) is 6.92 Å². The summed E-state index contributed by atoms with van der Waals surface area (Å²) in [6.45, 7) is 7.90. The van der Waals surface area contributed by atoms with Gasteiger partial charge in [0, 0.05) is 18.5 Å². The number of amides is 2. The number of urea groups is 1. The first-order valence-electron chi connectivity index (χ1n) is 6.31. The van der Waals surface area contributed by atoms with E-state index < -0.39 is 0 Å². The van der Waals surface area contributed by atoms with Gasteiger partial charge in [-0.25, -0.2) is 4.79 Å². The Balaban J connectivity index is 2.02. The first-order valence-corrected chi connectivity index (χ1v) is 6.31. The van der Waals surface area contributed by atoms with Crippen LogP contribution in [0.1, 0.15) is 32.2 Å². The molecule has 0 unspecified atom stereocenters. The predicted octanol–water partition coefficient (Wildman–Crippen LogP) is 2.66. The third-order valence-electron chi connectivity index (χ3n) is 2.97. The van der Waals surface area contributed by atoms with Crippen molar-refractivity contribution < 1.29 is 9.32 Å². The fourth-order valence-electron chi connectivity index (χ4n) is 1.58. The van der Waals surface area contributed by atoms with Gasteiger partial charge in [-0.2, -0.15) is 5.10 Å². The van der Waals surface area contributed by atoms with Crippen LogP contribution in [0.5, 0.6) is 0 Å². The fourth-order valence-corrected chi connectivity index (χ4v) is 1.58. The summed E-state index contributed by atoms with van der Waals surface area (Å²) in [5.41, 5.74) is 1.38. The minimum atomic E-state index is -0.380. The molecule has 0 atom stereocenters. The number of nitrogens with zero attached hydrogens (tertiary/aromatic N) is 3. The van der Waals surface area contributed by atoms with Crippen LogP contribution in [0.15, 0.2) is 16.8 Å². The molecule has 0 saturated heterocycles. The van der Waals surface area contributed by atoms with E-state index in [1.807, 2.05) is 34.7 Å². The maximum atomic E-state index is 11.9. The molecule has 2 N–H and O–H groups in total. The molecule has 0 aliphatic carbocycles. The average Bonchev–Trinajstić information content (AvgIpc) is 2.91. The van der Waals surface area contributed by atoms with Gasteiger partial charge >= 0.3 is 6.03 Å². The van der Waals surface area contributed by atoms with Crippen molar-refractivity contribution in [3.63, 3.8) is 0 Å². The van der Waals surface area contributed by atoms with Crippen molar-refractivity contribution in [3.05, 3.63) is 23.7 Å². The second-order valence-electron chi connectivity index (χ2n) is 5.67. The van der Waals surface area contributed by atoms with E-state index in [1.54, 1.807) is 16.9 Å². The minimum absolute atomic E-state index is 0.149. The van der Waals surface area contributed by atoms with Gasteiger partial charge in [0.05, 0.1) is 17.6 Å². The topological polar surface area (TPSA) is 85.0 Å². The molecular formula is C13H19N5O2. The van der Waals surface area contributed by atoms with Crippen molar-refractivity contribution in [2.75, 3.05) is 10.6 Å². The third kappa shape index (κ3) is 2.98. The molecular weight excluding hydrogens is 258 g/mol. The molecule has 2 aromatic rings. The maximum Gasteiger partial charge on any atom is 0.325 e. The number of aromatic nitrogens is 3. The molecule has 2 aromatic heterocycles. The highest BCUT2D eigenvalue weighted by Crippen LogP contribution is 2.24. The number of hydrogen-bond donors (Lipinski definition) is 2. The first kappa shape index (κ1) is 14.1. The monoisotopic (exact) mass is 277 g/mol. The number of anilines is 2. The van der Waals surface area contributed by atoms with Crippen LogP contribution in [0.4, 0.5) is 16.3 Å². The highest BCUT2D eigenvalue weighted by molar-refractivity contribution is 5.99. The van der Waals surface area contributed by atoms with E-state index in [2.05, 4.69) is 20.9 Å². The normalized spacial score (nSPS) is 11.4. The van der Waals surface area contributed by atoms with Crippen LogP contribution in [0.25, 0.3) is 0 Å². The van der Waals surface area contributed by atoms with E-state index in [-0.39, 0.29) is 11.4 Å². The lowest BCUT2D eigenvalue weighted by Crippen LogP contribution is -2.20. The highest BCUT2D eigenvalue weighted by Gasteiger charge is 2.20. The van der Waals surface area contributed by atoms with Crippen molar-refractivity contribution in [2.24, 2.45) is 7.05 Å². The molecule has 7 nitrogen and oxygen atoms in total. The van der Waals surface area contributed by atoms with E-state index in [0.29, 0.717) is 17.3 Å². The molecule has 2 amide bonds. The number of carbonyl (C=O) groups excluding carboxylic acids is 1. The molecule has 2 heterocycles. The molecule has 0 saturated carbocycles. The van der Waals surface area contributed by atoms with Crippen LogP contribution < -0.4 is 10.6 Å². The number of carbonyl (C=O) groups is 1. The zero-order valence-corrected chi connectivity index (χ0v) is 12.3. The number of hydrogen-bond acceptors (Lipinski definition) is 4. The molecule has 0 aliphatic rings. The number of aryl methyl sites for hydroxylation is 1. The zero-order chi connectivity index (χ0) is 14.9. The Hall–Kier alpha value is -2.31. The Kier molecular flexibility index (Phi) is 3.52. The number of rotatable bonds is 2. The van der Waals surface area contributed by atoms with E-state index in [0.717, 1.165) is 5.69 Å². The average molecular weight is 277 g/mol. The molecule has 2 rings (SSSR count). The summed E-state index contributed by atoms with van der Waals surface area (Å²) in [5, 5.41) is 13.2. The lowest BCUT2D eigenvalue weighted by molar-refractivity contribution is 0.262. The van der Waals surface area contributed by atoms with Crippen LogP contribution in [-0.2, 0) is 12.5 Å². The summed E-state index contributed by atoms with van der Waals surface area (Å²) < 4.78 is 6.88. The van der Waals surface area contributed by atoms with Crippen molar-refractivity contribution in [1.82, 2.24) is 14.9 Å². The lowest BCUT2D eigenvalue weighted by Gasteiger charge is -2.12. The van der Waals surface area contributed by atoms with Gasteiger partial charge in [0.2, 0.25) is 0 Å². The Morgan fingerprint density at radius 1 is 1.35 bits per heavy atom. The molecule has 20 heavy (non-hydrogen) atoms. The van der Waals surface area contributed by atoms with Gasteiger partial charge in [-0.05, 0) is 6.92 Å². The quantitative estimate of drug-likeness (QED) is 0.883. The van der Waals surface area contributed by atoms with Gasteiger partial charge in [-0.15, -0.1) is 0 Å². The SMILES string of the molecule is Cc1c(NC(=O)Nc2cc(C(C)(C)C)on2)cnn1C. The van der Waals surface area contributed by atoms with Crippen LogP contribution in [-0.4, -0.2) is 21.0 Å². The van der Waals surface area contributed by atoms with Gasteiger partial charge in [0.1, 0.15) is 5.76 Å². The molecule has 108 valence electrons. The Morgan fingerprint density at radius 3 is 2.55 bits per heavy atom. The molecule has 0 fully saturated rings. The second-order valence-corrected chi connectivity index (χ2v) is 5.67. The Bertz CT molecular complexity index is 621. The summed E-state index contributed by atoms with van der Waals surface area (Å²) in [6.07, 6.45) is 1.60. The van der Waals surface area contributed by atoms with Gasteiger partial charge in [-0.1, -0.05) is 25.9 Å². The Labute approximate surface area is 117 Å². The van der Waals surface area contributed by atoms with E-state index in [9.17, 15) is 4.79 Å². The van der Waals surface area contributed by atoms with Crippen molar-refractivity contribution >= 4 is 17.5 Å². The highest BCUT2D eigenvalue weighted by atomic mass is 16.5. The van der Waals surface area contributed by atoms with Crippen LogP contribution in [0.3, 0.4) is 0 Å². The van der Waals surface area contributed by atoms with Crippen molar-refractivity contribution in [2.45, 2.75) is 33.1 Å². The lowest BCUT2D eigenvalue weighted by atomic mass is 9.93. The Morgan fingerprint density at radius 2 is 2.05 bits per heavy atom. The zero-order valence-electron chi connectivity index (χ0n) is 12.3. The van der Waals surface area contributed by atoms with Crippen LogP contribution in [0.2, 0.25) is 0 Å². The smallest absolute Gasteiger partial charge is 0.325 e. The minimum Gasteiger partial charge on any atom is -0.359 e. The summed E-state index contributed by atoms with van der Waals surface area (Å²) in [4.78, 5) is 11.9.